The maximum Gasteiger partial charge on any atom is 0.349 e. The van der Waals surface area contributed by atoms with E-state index in [-0.39, 0.29) is 11.5 Å². The van der Waals surface area contributed by atoms with E-state index >= 15 is 0 Å². The Morgan fingerprint density at radius 1 is 1.27 bits per heavy atom. The van der Waals surface area contributed by atoms with Crippen molar-refractivity contribution < 1.29 is 8.91 Å². The van der Waals surface area contributed by atoms with Crippen molar-refractivity contribution in [2.75, 3.05) is 0 Å². The maximum absolute atomic E-state index is 13.0. The molecular weight excluding hydrogens is 293 g/mol. The van der Waals surface area contributed by atoms with Crippen molar-refractivity contribution in [3.63, 3.8) is 0 Å². The third-order valence-electron chi connectivity index (χ3n) is 2.88. The molecule has 8 nitrogen and oxygen atoms in total. The van der Waals surface area contributed by atoms with Crippen LogP contribution in [0.2, 0.25) is 0 Å². The highest BCUT2D eigenvalue weighted by Gasteiger charge is 2.16. The van der Waals surface area contributed by atoms with Gasteiger partial charge in [-0.2, -0.15) is 14.8 Å². The monoisotopic (exact) mass is 303 g/mol. The summed E-state index contributed by atoms with van der Waals surface area (Å²) in [5.41, 5.74) is -1.35. The van der Waals surface area contributed by atoms with Gasteiger partial charge in [0.15, 0.2) is 5.69 Å². The predicted molar refractivity (Wildman–Crippen MR) is 73.1 cm³/mol. The molecule has 0 unspecified atom stereocenters. The Balaban J connectivity index is 2.16. The van der Waals surface area contributed by atoms with Crippen molar-refractivity contribution >= 4 is 0 Å². The van der Waals surface area contributed by atoms with Gasteiger partial charge in [-0.25, -0.2) is 9.18 Å². The number of halogens is 1. The first-order valence-corrected chi connectivity index (χ1v) is 6.41. The van der Waals surface area contributed by atoms with Gasteiger partial charge in [0.05, 0.1) is 5.69 Å². The molecule has 9 heteroatoms. The fraction of sp³-hybridized carbons (Fsp3) is 0.154. The highest BCUT2D eigenvalue weighted by atomic mass is 19.1. The summed E-state index contributed by atoms with van der Waals surface area (Å²) in [5, 5.41) is 7.60. The molecule has 0 aliphatic rings. The van der Waals surface area contributed by atoms with Crippen LogP contribution in [-0.2, 0) is 6.42 Å². The summed E-state index contributed by atoms with van der Waals surface area (Å²) in [6, 6.07) is 5.08. The van der Waals surface area contributed by atoms with Gasteiger partial charge in [0.25, 0.3) is 5.56 Å². The second-order valence-electron chi connectivity index (χ2n) is 4.36. The highest BCUT2D eigenvalue weighted by Crippen LogP contribution is 2.10. The first-order valence-electron chi connectivity index (χ1n) is 6.41. The van der Waals surface area contributed by atoms with Gasteiger partial charge in [0, 0.05) is 6.42 Å². The van der Waals surface area contributed by atoms with Crippen molar-refractivity contribution in [3.05, 3.63) is 56.8 Å². The molecule has 1 N–H and O–H groups in total. The van der Waals surface area contributed by atoms with E-state index in [1.54, 1.807) is 0 Å². The average Bonchev–Trinajstić information content (AvgIpc) is 2.97. The number of rotatable bonds is 3. The number of nitrogens with one attached hydrogen (secondary N) is 1. The predicted octanol–water partition coefficient (Wildman–Crippen LogP) is 0.672. The molecule has 0 aliphatic heterocycles. The minimum absolute atomic E-state index is 0.0195. The lowest BCUT2D eigenvalue weighted by atomic mass is 10.3. The second kappa shape index (κ2) is 5.35. The normalized spacial score (nSPS) is 10.8. The summed E-state index contributed by atoms with van der Waals surface area (Å²) < 4.78 is 18.8. The summed E-state index contributed by atoms with van der Waals surface area (Å²) in [6.45, 7) is 1.81. The maximum atomic E-state index is 13.0. The van der Waals surface area contributed by atoms with Crippen LogP contribution in [-0.4, -0.2) is 24.9 Å². The van der Waals surface area contributed by atoms with E-state index in [0.717, 1.165) is 4.68 Å². The number of aryl methyl sites for hydroxylation is 1. The minimum atomic E-state index is -0.750. The van der Waals surface area contributed by atoms with Gasteiger partial charge in [-0.05, 0) is 24.3 Å². The van der Waals surface area contributed by atoms with E-state index in [2.05, 4.69) is 20.2 Å². The molecule has 0 bridgehead atoms. The molecule has 1 aromatic carbocycles. The van der Waals surface area contributed by atoms with Crippen molar-refractivity contribution in [2.45, 2.75) is 13.3 Å². The number of hydrogen-bond acceptors (Lipinski definition) is 6. The fourth-order valence-corrected chi connectivity index (χ4v) is 1.80. The SMILES string of the molecule is CCc1nc(-c2nn(-c3ccc(F)cc3)c(=O)[nH]c2=O)no1. The molecule has 0 saturated heterocycles. The lowest BCUT2D eigenvalue weighted by Gasteiger charge is -2.04. The van der Waals surface area contributed by atoms with Gasteiger partial charge in [0.2, 0.25) is 11.7 Å². The first kappa shape index (κ1) is 13.9. The molecule has 2 aromatic heterocycles. The molecule has 0 saturated carbocycles. The molecule has 112 valence electrons. The summed E-state index contributed by atoms with van der Waals surface area (Å²) in [6.07, 6.45) is 0.502. The molecule has 3 aromatic rings. The largest absolute Gasteiger partial charge is 0.349 e. The van der Waals surface area contributed by atoms with E-state index in [1.807, 2.05) is 6.92 Å². The number of H-pyrrole nitrogens is 1. The van der Waals surface area contributed by atoms with E-state index in [4.69, 9.17) is 4.52 Å². The molecule has 0 amide bonds. The zero-order valence-electron chi connectivity index (χ0n) is 11.4. The van der Waals surface area contributed by atoms with Gasteiger partial charge in [-0.15, -0.1) is 0 Å². The van der Waals surface area contributed by atoms with Gasteiger partial charge < -0.3 is 4.52 Å². The third kappa shape index (κ3) is 2.43. The average molecular weight is 303 g/mol. The van der Waals surface area contributed by atoms with Crippen molar-refractivity contribution in [2.24, 2.45) is 0 Å². The van der Waals surface area contributed by atoms with E-state index in [1.165, 1.54) is 24.3 Å². The Morgan fingerprint density at radius 3 is 2.64 bits per heavy atom. The van der Waals surface area contributed by atoms with Crippen LogP contribution < -0.4 is 11.2 Å². The molecule has 2 heterocycles. The van der Waals surface area contributed by atoms with Gasteiger partial charge in [0.1, 0.15) is 5.82 Å². The zero-order chi connectivity index (χ0) is 15.7. The lowest BCUT2D eigenvalue weighted by molar-refractivity contribution is 0.382. The highest BCUT2D eigenvalue weighted by molar-refractivity contribution is 5.45. The van der Waals surface area contributed by atoms with Crippen LogP contribution in [0.15, 0.2) is 38.4 Å². The smallest absolute Gasteiger partial charge is 0.339 e. The van der Waals surface area contributed by atoms with E-state index in [9.17, 15) is 14.0 Å². The Morgan fingerprint density at radius 2 is 2.00 bits per heavy atom. The summed E-state index contributed by atoms with van der Waals surface area (Å²) in [4.78, 5) is 29.8. The van der Waals surface area contributed by atoms with Crippen LogP contribution in [0.3, 0.4) is 0 Å². The zero-order valence-corrected chi connectivity index (χ0v) is 11.4. The number of nitrogens with zero attached hydrogens (tertiary/aromatic N) is 4. The summed E-state index contributed by atoms with van der Waals surface area (Å²) >= 11 is 0. The molecule has 0 fully saturated rings. The van der Waals surface area contributed by atoms with Crippen LogP contribution in [0.25, 0.3) is 17.2 Å². The van der Waals surface area contributed by atoms with Gasteiger partial charge in [-0.1, -0.05) is 12.1 Å². The molecule has 0 spiro atoms. The lowest BCUT2D eigenvalue weighted by Crippen LogP contribution is -2.32. The number of aromatic amines is 1. The Kier molecular flexibility index (Phi) is 3.37. The second-order valence-corrected chi connectivity index (χ2v) is 4.36. The number of benzene rings is 1. The van der Waals surface area contributed by atoms with Crippen LogP contribution >= 0.6 is 0 Å². The Bertz CT molecular complexity index is 926. The van der Waals surface area contributed by atoms with Crippen LogP contribution in [0.5, 0.6) is 0 Å². The van der Waals surface area contributed by atoms with Crippen LogP contribution in [0.1, 0.15) is 12.8 Å². The Labute approximate surface area is 122 Å². The van der Waals surface area contributed by atoms with Gasteiger partial charge >= 0.3 is 5.69 Å². The van der Waals surface area contributed by atoms with Crippen LogP contribution in [0.4, 0.5) is 4.39 Å². The molecule has 0 aliphatic carbocycles. The molecular formula is C13H10FN5O3. The number of hydrogen-bond donors (Lipinski definition) is 1. The minimum Gasteiger partial charge on any atom is -0.339 e. The summed E-state index contributed by atoms with van der Waals surface area (Å²) in [5.74, 6) is -0.128. The van der Waals surface area contributed by atoms with Crippen molar-refractivity contribution in [1.29, 1.82) is 0 Å². The Hall–Kier alpha value is -3.10. The number of aromatic nitrogens is 5. The van der Waals surface area contributed by atoms with Crippen molar-refractivity contribution in [1.82, 2.24) is 24.9 Å². The third-order valence-corrected chi connectivity index (χ3v) is 2.88. The molecule has 3 rings (SSSR count). The molecule has 22 heavy (non-hydrogen) atoms. The topological polar surface area (TPSA) is 107 Å². The molecule has 0 atom stereocenters. The fourth-order valence-electron chi connectivity index (χ4n) is 1.80. The van der Waals surface area contributed by atoms with Gasteiger partial charge in [-0.3, -0.25) is 9.78 Å². The van der Waals surface area contributed by atoms with E-state index in [0.29, 0.717) is 18.0 Å². The van der Waals surface area contributed by atoms with Crippen LogP contribution in [0, 0.1) is 5.82 Å². The summed E-state index contributed by atoms with van der Waals surface area (Å²) in [7, 11) is 0. The first-order chi connectivity index (χ1) is 10.6. The quantitative estimate of drug-likeness (QED) is 0.762. The van der Waals surface area contributed by atoms with Crippen molar-refractivity contribution in [3.8, 4) is 17.2 Å². The molecule has 0 radical (unpaired) electrons. The standard InChI is InChI=1S/C13H10FN5O3/c1-2-9-15-11(18-22-9)10-12(20)16-13(21)19(17-10)8-5-3-7(14)4-6-8/h3-6H,2H2,1H3,(H,16,20,21). The van der Waals surface area contributed by atoms with E-state index < -0.39 is 17.1 Å².